The van der Waals surface area contributed by atoms with Gasteiger partial charge in [-0.15, -0.1) is 0 Å². The zero-order chi connectivity index (χ0) is 19.0. The second-order valence-corrected chi connectivity index (χ2v) is 7.82. The molecule has 0 radical (unpaired) electrons. The number of nitrogens with one attached hydrogen (secondary N) is 1. The second-order valence-electron chi connectivity index (χ2n) is 7.82. The number of amides is 1. The van der Waals surface area contributed by atoms with Gasteiger partial charge < -0.3 is 10.2 Å². The van der Waals surface area contributed by atoms with Crippen molar-refractivity contribution in [2.24, 2.45) is 0 Å². The number of hydrogen-bond donors (Lipinski definition) is 1. The summed E-state index contributed by atoms with van der Waals surface area (Å²) in [5.41, 5.74) is 4.54. The van der Waals surface area contributed by atoms with Crippen molar-refractivity contribution in [3.63, 3.8) is 0 Å². The summed E-state index contributed by atoms with van der Waals surface area (Å²) in [6, 6.07) is 2.19. The summed E-state index contributed by atoms with van der Waals surface area (Å²) in [6.07, 6.45) is 5.72. The highest BCUT2D eigenvalue weighted by atomic mass is 16.1. The van der Waals surface area contributed by atoms with Gasteiger partial charge in [0.2, 0.25) is 11.9 Å². The Morgan fingerprint density at radius 2 is 2.07 bits per heavy atom. The summed E-state index contributed by atoms with van der Waals surface area (Å²) in [5.74, 6) is 1.51. The van der Waals surface area contributed by atoms with Crippen LogP contribution in [-0.2, 0) is 11.3 Å². The van der Waals surface area contributed by atoms with Gasteiger partial charge in [0.05, 0.1) is 5.69 Å². The number of nitrogens with zero attached hydrogens (tertiary/aromatic N) is 5. The molecule has 7 nitrogen and oxygen atoms in total. The molecule has 7 heteroatoms. The summed E-state index contributed by atoms with van der Waals surface area (Å²) in [5, 5.41) is 7.67. The lowest BCUT2D eigenvalue weighted by molar-refractivity contribution is -0.121. The van der Waals surface area contributed by atoms with Crippen LogP contribution >= 0.6 is 0 Å². The van der Waals surface area contributed by atoms with Gasteiger partial charge in [0.1, 0.15) is 0 Å². The Balaban J connectivity index is 1.28. The minimum absolute atomic E-state index is 0.0831. The molecule has 27 heavy (non-hydrogen) atoms. The molecule has 0 spiro atoms. The van der Waals surface area contributed by atoms with Gasteiger partial charge in [-0.05, 0) is 51.7 Å². The number of aryl methyl sites for hydroxylation is 2. The number of rotatable bonds is 6. The highest BCUT2D eigenvalue weighted by Crippen LogP contribution is 2.39. The fraction of sp³-hybridized carbons (Fsp3) is 0.600. The Labute approximate surface area is 160 Å². The minimum atomic E-state index is 0.0831. The molecule has 0 bridgehead atoms. The molecule has 1 atom stereocenters. The Kier molecular flexibility index (Phi) is 4.85. The standard InChI is InChI=1S/C20H28N6O/c1-13-14(2)24-26(15(13)3)11-8-19(27)22-17-7-10-25(12-17)20-21-9-6-18(23-20)16-4-5-16/h6,9,16-17H,4-5,7-8,10-12H2,1-3H3,(H,22,27). The first kappa shape index (κ1) is 17.9. The molecule has 2 fully saturated rings. The van der Waals surface area contributed by atoms with E-state index in [0.717, 1.165) is 42.5 Å². The largest absolute Gasteiger partial charge is 0.351 e. The zero-order valence-electron chi connectivity index (χ0n) is 16.4. The molecule has 4 rings (SSSR count). The molecular formula is C20H28N6O. The average molecular weight is 368 g/mol. The summed E-state index contributed by atoms with van der Waals surface area (Å²) >= 11 is 0. The van der Waals surface area contributed by atoms with E-state index in [4.69, 9.17) is 4.98 Å². The van der Waals surface area contributed by atoms with E-state index in [0.29, 0.717) is 18.9 Å². The summed E-state index contributed by atoms with van der Waals surface area (Å²) in [6.45, 7) is 8.41. The first-order chi connectivity index (χ1) is 13.0. The maximum absolute atomic E-state index is 12.4. The van der Waals surface area contributed by atoms with Crippen LogP contribution in [0.2, 0.25) is 0 Å². The quantitative estimate of drug-likeness (QED) is 0.846. The van der Waals surface area contributed by atoms with Gasteiger partial charge in [-0.1, -0.05) is 0 Å². The molecule has 1 amide bonds. The zero-order valence-corrected chi connectivity index (χ0v) is 16.4. The van der Waals surface area contributed by atoms with Gasteiger partial charge in [-0.3, -0.25) is 9.48 Å². The molecule has 1 aliphatic carbocycles. The van der Waals surface area contributed by atoms with E-state index in [2.05, 4.69) is 34.1 Å². The molecule has 2 aromatic rings. The van der Waals surface area contributed by atoms with E-state index in [9.17, 15) is 4.79 Å². The van der Waals surface area contributed by atoms with E-state index in [1.807, 2.05) is 23.9 Å². The van der Waals surface area contributed by atoms with Crippen molar-refractivity contribution in [2.45, 2.75) is 65.0 Å². The number of carbonyl (C=O) groups excluding carboxylic acids is 1. The normalized spacial score (nSPS) is 19.5. The summed E-state index contributed by atoms with van der Waals surface area (Å²) < 4.78 is 1.93. The van der Waals surface area contributed by atoms with Crippen molar-refractivity contribution in [1.82, 2.24) is 25.1 Å². The average Bonchev–Trinajstić information content (AvgIpc) is 3.37. The van der Waals surface area contributed by atoms with Crippen molar-refractivity contribution in [1.29, 1.82) is 0 Å². The molecule has 144 valence electrons. The topological polar surface area (TPSA) is 75.9 Å². The summed E-state index contributed by atoms with van der Waals surface area (Å²) in [7, 11) is 0. The Morgan fingerprint density at radius 3 is 2.78 bits per heavy atom. The van der Waals surface area contributed by atoms with Crippen LogP contribution in [-0.4, -0.2) is 44.8 Å². The van der Waals surface area contributed by atoms with Gasteiger partial charge in [-0.25, -0.2) is 9.97 Å². The van der Waals surface area contributed by atoms with Gasteiger partial charge in [0.15, 0.2) is 0 Å². The van der Waals surface area contributed by atoms with E-state index in [-0.39, 0.29) is 11.9 Å². The van der Waals surface area contributed by atoms with Crippen molar-refractivity contribution < 1.29 is 4.79 Å². The first-order valence-electron chi connectivity index (χ1n) is 9.89. The number of anilines is 1. The van der Waals surface area contributed by atoms with Crippen LogP contribution in [0.15, 0.2) is 12.3 Å². The molecule has 1 aliphatic heterocycles. The Hall–Kier alpha value is -2.44. The molecule has 0 aromatic carbocycles. The Bertz CT molecular complexity index is 841. The second kappa shape index (κ2) is 7.29. The third-order valence-electron chi connectivity index (χ3n) is 5.79. The van der Waals surface area contributed by atoms with Crippen molar-refractivity contribution in [3.05, 3.63) is 34.9 Å². The lowest BCUT2D eigenvalue weighted by atomic mass is 10.2. The lowest BCUT2D eigenvalue weighted by Gasteiger charge is -2.17. The van der Waals surface area contributed by atoms with Gasteiger partial charge in [0.25, 0.3) is 0 Å². The molecule has 1 N–H and O–H groups in total. The highest BCUT2D eigenvalue weighted by Gasteiger charge is 2.28. The number of carbonyl (C=O) groups is 1. The van der Waals surface area contributed by atoms with Crippen LogP contribution in [0.5, 0.6) is 0 Å². The van der Waals surface area contributed by atoms with E-state index < -0.39 is 0 Å². The predicted molar refractivity (Wildman–Crippen MR) is 104 cm³/mol. The van der Waals surface area contributed by atoms with Crippen LogP contribution in [0, 0.1) is 20.8 Å². The fourth-order valence-corrected chi connectivity index (χ4v) is 3.69. The maximum atomic E-state index is 12.4. The van der Waals surface area contributed by atoms with Crippen LogP contribution in [0.1, 0.15) is 54.2 Å². The van der Waals surface area contributed by atoms with E-state index >= 15 is 0 Å². The third-order valence-corrected chi connectivity index (χ3v) is 5.79. The van der Waals surface area contributed by atoms with Crippen molar-refractivity contribution in [3.8, 4) is 0 Å². The first-order valence-corrected chi connectivity index (χ1v) is 9.89. The van der Waals surface area contributed by atoms with Crippen molar-refractivity contribution >= 4 is 11.9 Å². The molecule has 2 aliphatic rings. The predicted octanol–water partition coefficient (Wildman–Crippen LogP) is 2.26. The maximum Gasteiger partial charge on any atom is 0.225 e. The van der Waals surface area contributed by atoms with Crippen LogP contribution in [0.25, 0.3) is 0 Å². The fourth-order valence-electron chi connectivity index (χ4n) is 3.69. The van der Waals surface area contributed by atoms with Gasteiger partial charge in [-0.2, -0.15) is 5.10 Å². The van der Waals surface area contributed by atoms with Crippen LogP contribution in [0.3, 0.4) is 0 Å². The molecular weight excluding hydrogens is 340 g/mol. The monoisotopic (exact) mass is 368 g/mol. The van der Waals surface area contributed by atoms with Crippen LogP contribution in [0.4, 0.5) is 5.95 Å². The molecule has 2 aromatic heterocycles. The number of aromatic nitrogens is 4. The third kappa shape index (κ3) is 3.96. The minimum Gasteiger partial charge on any atom is -0.351 e. The van der Waals surface area contributed by atoms with E-state index in [1.54, 1.807) is 0 Å². The molecule has 1 unspecified atom stereocenters. The van der Waals surface area contributed by atoms with E-state index in [1.165, 1.54) is 18.4 Å². The van der Waals surface area contributed by atoms with Gasteiger partial charge in [0, 0.05) is 55.6 Å². The molecule has 1 saturated carbocycles. The lowest BCUT2D eigenvalue weighted by Crippen LogP contribution is -2.37. The molecule has 3 heterocycles. The number of hydrogen-bond acceptors (Lipinski definition) is 5. The van der Waals surface area contributed by atoms with Crippen LogP contribution < -0.4 is 10.2 Å². The smallest absolute Gasteiger partial charge is 0.225 e. The highest BCUT2D eigenvalue weighted by molar-refractivity contribution is 5.76. The van der Waals surface area contributed by atoms with Crippen molar-refractivity contribution in [2.75, 3.05) is 18.0 Å². The molecule has 1 saturated heterocycles. The van der Waals surface area contributed by atoms with Gasteiger partial charge >= 0.3 is 0 Å². The SMILES string of the molecule is Cc1nn(CCC(=O)NC2CCN(c3nccc(C4CC4)n3)C2)c(C)c1C. The Morgan fingerprint density at radius 1 is 1.26 bits per heavy atom. The summed E-state index contributed by atoms with van der Waals surface area (Å²) in [4.78, 5) is 23.7.